The maximum atomic E-state index is 12.0. The van der Waals surface area contributed by atoms with E-state index < -0.39 is 30.3 Å². The first-order valence-electron chi connectivity index (χ1n) is 10.6. The second-order valence-electron chi connectivity index (χ2n) is 8.78. The van der Waals surface area contributed by atoms with Crippen LogP contribution in [-0.4, -0.2) is 77.7 Å². The summed E-state index contributed by atoms with van der Waals surface area (Å²) in [5, 5.41) is 29.1. The van der Waals surface area contributed by atoms with Gasteiger partial charge in [-0.25, -0.2) is 0 Å². The van der Waals surface area contributed by atoms with Gasteiger partial charge in [0.25, 0.3) is 0 Å². The number of hydrogen-bond acceptors (Lipinski definition) is 5. The number of carbonyl (C=O) groups is 2. The zero-order valence-corrected chi connectivity index (χ0v) is 18.2. The monoisotopic (exact) mass is 404 g/mol. The molecule has 0 bridgehead atoms. The summed E-state index contributed by atoms with van der Waals surface area (Å²) in [6, 6.07) is 0. The van der Waals surface area contributed by atoms with E-state index in [0.29, 0.717) is 17.4 Å². The molecule has 0 aromatic carbocycles. The van der Waals surface area contributed by atoms with Crippen molar-refractivity contribution in [3.8, 4) is 0 Å². The Kier molecular flexibility index (Phi) is 14.1. The molecule has 0 saturated carbocycles. The van der Waals surface area contributed by atoms with E-state index in [9.17, 15) is 19.8 Å². The summed E-state index contributed by atoms with van der Waals surface area (Å²) in [7, 11) is 5.64. The number of likely N-dealkylation sites (N-methyl/N-ethyl adjacent to an activating group) is 1. The fraction of sp³-hybridized carbons (Fsp3) is 0.905. The Hall–Kier alpha value is -1.18. The predicted molar refractivity (Wildman–Crippen MR) is 109 cm³/mol. The van der Waals surface area contributed by atoms with Crippen LogP contribution in [0.3, 0.4) is 0 Å². The molecule has 0 aliphatic heterocycles. The molecule has 0 spiro atoms. The van der Waals surface area contributed by atoms with E-state index in [1.54, 1.807) is 0 Å². The molecule has 0 aromatic rings. The highest BCUT2D eigenvalue weighted by atomic mass is 16.5. The summed E-state index contributed by atoms with van der Waals surface area (Å²) in [4.78, 5) is 23.0. The van der Waals surface area contributed by atoms with Crippen molar-refractivity contribution >= 4 is 11.9 Å². The van der Waals surface area contributed by atoms with Crippen molar-refractivity contribution in [2.24, 2.45) is 0 Å². The van der Waals surface area contributed by atoms with Crippen LogP contribution in [0.4, 0.5) is 0 Å². The number of carboxylic acids is 1. The number of carboxylic acid groups (broad SMARTS) is 1. The molecular weight excluding hydrogens is 362 g/mol. The number of aliphatic hydroxyl groups is 2. The zero-order chi connectivity index (χ0) is 21.6. The van der Waals surface area contributed by atoms with Crippen molar-refractivity contribution in [2.75, 3.05) is 27.7 Å². The molecule has 7 heteroatoms. The fourth-order valence-electron chi connectivity index (χ4n) is 3.17. The summed E-state index contributed by atoms with van der Waals surface area (Å²) in [5.74, 6) is -1.72. The minimum Gasteiger partial charge on any atom is -0.481 e. The topological polar surface area (TPSA) is 104 Å². The smallest absolute Gasteiger partial charge is 0.309 e. The predicted octanol–water partition coefficient (Wildman–Crippen LogP) is 2.72. The number of rotatable bonds is 17. The van der Waals surface area contributed by atoms with Crippen LogP contribution in [0, 0.1) is 0 Å². The molecule has 0 saturated heterocycles. The van der Waals surface area contributed by atoms with Gasteiger partial charge in [-0.1, -0.05) is 58.3 Å². The van der Waals surface area contributed by atoms with E-state index in [2.05, 4.69) is 6.92 Å². The zero-order valence-electron chi connectivity index (χ0n) is 18.2. The van der Waals surface area contributed by atoms with Gasteiger partial charge in [0.15, 0.2) is 6.10 Å². The highest BCUT2D eigenvalue weighted by Crippen LogP contribution is 2.14. The number of unbranched alkanes of at least 4 members (excludes halogenated alkanes) is 7. The van der Waals surface area contributed by atoms with Crippen molar-refractivity contribution in [1.29, 1.82) is 0 Å². The van der Waals surface area contributed by atoms with Crippen molar-refractivity contribution in [3.05, 3.63) is 0 Å². The highest BCUT2D eigenvalue weighted by Gasteiger charge is 2.27. The Bertz CT molecular complexity index is 435. The normalized spacial score (nSPS) is 15.1. The lowest BCUT2D eigenvalue weighted by atomic mass is 10.0. The molecule has 0 rings (SSSR count). The van der Waals surface area contributed by atoms with E-state index in [-0.39, 0.29) is 12.8 Å². The summed E-state index contributed by atoms with van der Waals surface area (Å²) < 4.78 is 5.69. The number of ether oxygens (including phenoxy) is 1. The molecule has 0 heterocycles. The van der Waals surface area contributed by atoms with Crippen LogP contribution in [0.25, 0.3) is 0 Å². The number of quaternary nitrogens is 1. The fourth-order valence-corrected chi connectivity index (χ4v) is 3.17. The second kappa shape index (κ2) is 14.8. The number of aliphatic hydroxyl groups excluding tert-OH is 2. The quantitative estimate of drug-likeness (QED) is 0.196. The first kappa shape index (κ1) is 26.8. The first-order chi connectivity index (χ1) is 13.0. The van der Waals surface area contributed by atoms with E-state index in [1.807, 2.05) is 21.1 Å². The van der Waals surface area contributed by atoms with Gasteiger partial charge in [-0.15, -0.1) is 0 Å². The molecule has 0 radical (unpaired) electrons. The van der Waals surface area contributed by atoms with Crippen LogP contribution < -0.4 is 0 Å². The second-order valence-corrected chi connectivity index (χ2v) is 8.78. The molecule has 7 nitrogen and oxygen atoms in total. The largest absolute Gasteiger partial charge is 0.481 e. The molecule has 0 aliphatic rings. The summed E-state index contributed by atoms with van der Waals surface area (Å²) in [6.45, 7) is 2.55. The molecule has 28 heavy (non-hydrogen) atoms. The standard InChI is InChI=1S/C21H41NO6/c1-5-6-7-8-9-10-11-12-13-18(23)19(24)15-21(27)28-17(14-20(25)26)16-22(2,3)4/h17-19,23-24H,5-16H2,1-4H3/p+1. The van der Waals surface area contributed by atoms with Gasteiger partial charge in [0.05, 0.1) is 46.2 Å². The van der Waals surface area contributed by atoms with Crippen LogP contribution in [0.2, 0.25) is 0 Å². The van der Waals surface area contributed by atoms with Gasteiger partial charge < -0.3 is 24.5 Å². The van der Waals surface area contributed by atoms with Crippen LogP contribution in [-0.2, 0) is 14.3 Å². The van der Waals surface area contributed by atoms with Gasteiger partial charge in [-0.3, -0.25) is 9.59 Å². The summed E-state index contributed by atoms with van der Waals surface area (Å²) in [6.07, 6.45) is 6.09. The average molecular weight is 405 g/mol. The van der Waals surface area contributed by atoms with Gasteiger partial charge in [0.2, 0.25) is 0 Å². The van der Waals surface area contributed by atoms with E-state index in [4.69, 9.17) is 9.84 Å². The third kappa shape index (κ3) is 15.8. The van der Waals surface area contributed by atoms with Gasteiger partial charge in [-0.2, -0.15) is 0 Å². The van der Waals surface area contributed by atoms with Gasteiger partial charge in [0, 0.05) is 0 Å². The summed E-state index contributed by atoms with van der Waals surface area (Å²) in [5.41, 5.74) is 0. The maximum Gasteiger partial charge on any atom is 0.309 e. The Morgan fingerprint density at radius 1 is 0.857 bits per heavy atom. The van der Waals surface area contributed by atoms with Gasteiger partial charge in [-0.05, 0) is 6.42 Å². The van der Waals surface area contributed by atoms with E-state index >= 15 is 0 Å². The third-order valence-corrected chi connectivity index (χ3v) is 4.63. The number of hydrogen-bond donors (Lipinski definition) is 3. The Labute approximate surface area is 170 Å². The minimum atomic E-state index is -1.19. The number of nitrogens with zero attached hydrogens (tertiary/aromatic N) is 1. The average Bonchev–Trinajstić information content (AvgIpc) is 2.54. The lowest BCUT2D eigenvalue weighted by Crippen LogP contribution is -2.44. The number of aliphatic carboxylic acids is 1. The van der Waals surface area contributed by atoms with Crippen LogP contribution in [0.5, 0.6) is 0 Å². The number of carbonyl (C=O) groups excluding carboxylic acids is 1. The first-order valence-corrected chi connectivity index (χ1v) is 10.6. The Morgan fingerprint density at radius 3 is 1.89 bits per heavy atom. The Balaban J connectivity index is 4.13. The van der Waals surface area contributed by atoms with Crippen LogP contribution in [0.1, 0.15) is 77.6 Å². The molecular formula is C21H42NO6+. The Morgan fingerprint density at radius 2 is 1.39 bits per heavy atom. The molecule has 3 N–H and O–H groups in total. The lowest BCUT2D eigenvalue weighted by Gasteiger charge is -2.28. The maximum absolute atomic E-state index is 12.0. The molecule has 166 valence electrons. The van der Waals surface area contributed by atoms with Crippen molar-refractivity contribution < 1.29 is 34.1 Å². The van der Waals surface area contributed by atoms with Gasteiger partial charge in [0.1, 0.15) is 6.54 Å². The van der Waals surface area contributed by atoms with Gasteiger partial charge >= 0.3 is 11.9 Å². The molecule has 3 atom stereocenters. The van der Waals surface area contributed by atoms with Crippen molar-refractivity contribution in [2.45, 2.75) is 95.9 Å². The van der Waals surface area contributed by atoms with E-state index in [0.717, 1.165) is 19.3 Å². The van der Waals surface area contributed by atoms with Crippen molar-refractivity contribution in [3.63, 3.8) is 0 Å². The highest BCUT2D eigenvalue weighted by molar-refractivity contribution is 5.72. The molecule has 0 fully saturated rings. The van der Waals surface area contributed by atoms with Crippen LogP contribution >= 0.6 is 0 Å². The van der Waals surface area contributed by atoms with E-state index in [1.165, 1.54) is 32.1 Å². The van der Waals surface area contributed by atoms with Crippen molar-refractivity contribution in [1.82, 2.24) is 0 Å². The number of esters is 1. The molecule has 0 aromatic heterocycles. The summed E-state index contributed by atoms with van der Waals surface area (Å²) >= 11 is 0. The SMILES string of the molecule is CCCCCCCCCCC(O)C(O)CC(=O)OC(CC(=O)O)C[N+](C)(C)C. The molecule has 3 unspecified atom stereocenters. The van der Waals surface area contributed by atoms with Crippen LogP contribution in [0.15, 0.2) is 0 Å². The minimum absolute atomic E-state index is 0.280. The molecule has 0 amide bonds. The molecule has 0 aliphatic carbocycles. The lowest BCUT2D eigenvalue weighted by molar-refractivity contribution is -0.873. The third-order valence-electron chi connectivity index (χ3n) is 4.63.